The molecule has 0 aliphatic heterocycles. The molecule has 0 aromatic carbocycles. The zero-order valence-corrected chi connectivity index (χ0v) is 11.5. The molecule has 0 aliphatic rings. The fourth-order valence-electron chi connectivity index (χ4n) is 1.77. The summed E-state index contributed by atoms with van der Waals surface area (Å²) in [5.74, 6) is -1.81. The van der Waals surface area contributed by atoms with Gasteiger partial charge in [-0.25, -0.2) is 9.59 Å². The first-order valence-electron chi connectivity index (χ1n) is 6.77. The second-order valence-corrected chi connectivity index (χ2v) is 4.79. The molecule has 2 N–H and O–H groups in total. The summed E-state index contributed by atoms with van der Waals surface area (Å²) in [6, 6.07) is 0. The van der Waals surface area contributed by atoms with Gasteiger partial charge in [0.2, 0.25) is 0 Å². The van der Waals surface area contributed by atoms with E-state index in [-0.39, 0.29) is 11.1 Å². The molecule has 0 amide bonds. The lowest BCUT2D eigenvalue weighted by Crippen LogP contribution is -1.98. The van der Waals surface area contributed by atoms with E-state index in [2.05, 4.69) is 13.2 Å². The first-order valence-corrected chi connectivity index (χ1v) is 6.77. The monoisotopic (exact) mass is 268 g/mol. The van der Waals surface area contributed by atoms with Crippen molar-refractivity contribution in [3.63, 3.8) is 0 Å². The van der Waals surface area contributed by atoms with E-state index in [1.165, 1.54) is 0 Å². The summed E-state index contributed by atoms with van der Waals surface area (Å²) in [4.78, 5) is 21.0. The Morgan fingerprint density at radius 2 is 0.895 bits per heavy atom. The van der Waals surface area contributed by atoms with Gasteiger partial charge < -0.3 is 10.2 Å². The highest BCUT2D eigenvalue weighted by Crippen LogP contribution is 2.13. The van der Waals surface area contributed by atoms with E-state index in [0.29, 0.717) is 12.8 Å². The number of carboxylic acid groups (broad SMARTS) is 2. The lowest BCUT2D eigenvalue weighted by atomic mass is 10.0. The van der Waals surface area contributed by atoms with Crippen molar-refractivity contribution in [2.75, 3.05) is 0 Å². The minimum atomic E-state index is -0.904. The van der Waals surface area contributed by atoms with Gasteiger partial charge in [0, 0.05) is 11.1 Å². The molecule has 0 heterocycles. The normalized spacial score (nSPS) is 10.1. The highest BCUT2D eigenvalue weighted by atomic mass is 16.4. The maximum atomic E-state index is 10.5. The molecule has 19 heavy (non-hydrogen) atoms. The Labute approximate surface area is 114 Å². The van der Waals surface area contributed by atoms with Gasteiger partial charge in [-0.2, -0.15) is 0 Å². The van der Waals surface area contributed by atoms with Crippen LogP contribution < -0.4 is 0 Å². The van der Waals surface area contributed by atoms with Crippen molar-refractivity contribution >= 4 is 11.9 Å². The van der Waals surface area contributed by atoms with Crippen LogP contribution in [0.15, 0.2) is 24.3 Å². The predicted molar refractivity (Wildman–Crippen MR) is 75.1 cm³/mol. The van der Waals surface area contributed by atoms with Crippen molar-refractivity contribution in [2.45, 2.75) is 57.8 Å². The van der Waals surface area contributed by atoms with E-state index in [0.717, 1.165) is 44.9 Å². The van der Waals surface area contributed by atoms with E-state index >= 15 is 0 Å². The highest BCUT2D eigenvalue weighted by molar-refractivity contribution is 5.85. The number of carboxylic acids is 2. The molecular formula is C15H24O4. The number of carbonyl (C=O) groups is 2. The van der Waals surface area contributed by atoms with Crippen LogP contribution in [0.25, 0.3) is 0 Å². The van der Waals surface area contributed by atoms with Crippen molar-refractivity contribution in [1.29, 1.82) is 0 Å². The average Bonchev–Trinajstić information content (AvgIpc) is 2.35. The molecule has 0 unspecified atom stereocenters. The van der Waals surface area contributed by atoms with E-state index in [4.69, 9.17) is 10.2 Å². The third kappa shape index (κ3) is 10.1. The molecule has 0 atom stereocenters. The molecule has 0 aromatic rings. The molecule has 4 nitrogen and oxygen atoms in total. The molecule has 0 bridgehead atoms. The number of aliphatic carboxylic acids is 2. The maximum absolute atomic E-state index is 10.5. The van der Waals surface area contributed by atoms with Gasteiger partial charge in [0.05, 0.1) is 0 Å². The van der Waals surface area contributed by atoms with Gasteiger partial charge in [-0.1, -0.05) is 45.3 Å². The first kappa shape index (κ1) is 17.4. The molecule has 0 aromatic heterocycles. The summed E-state index contributed by atoms with van der Waals surface area (Å²) in [5, 5.41) is 17.2. The molecule has 108 valence electrons. The summed E-state index contributed by atoms with van der Waals surface area (Å²) < 4.78 is 0. The van der Waals surface area contributed by atoms with Crippen LogP contribution in [0.5, 0.6) is 0 Å². The van der Waals surface area contributed by atoms with Crippen molar-refractivity contribution in [2.24, 2.45) is 0 Å². The molecule has 4 heteroatoms. The molecule has 0 radical (unpaired) electrons. The zero-order valence-electron chi connectivity index (χ0n) is 11.5. The number of rotatable bonds is 12. The molecule has 0 aliphatic carbocycles. The molecule has 0 rings (SSSR count). The summed E-state index contributed by atoms with van der Waals surface area (Å²) in [6.07, 6.45) is 8.21. The molecule has 0 saturated heterocycles. The quantitative estimate of drug-likeness (QED) is 0.417. The van der Waals surface area contributed by atoms with Crippen LogP contribution in [0, 0.1) is 0 Å². The third-order valence-electron chi connectivity index (χ3n) is 3.06. The Morgan fingerprint density at radius 1 is 0.632 bits per heavy atom. The summed E-state index contributed by atoms with van der Waals surface area (Å²) in [6.45, 7) is 6.97. The molecule has 0 saturated carbocycles. The largest absolute Gasteiger partial charge is 0.478 e. The van der Waals surface area contributed by atoms with Crippen LogP contribution in [0.3, 0.4) is 0 Å². The Balaban J connectivity index is 3.28. The fraction of sp³-hybridized carbons (Fsp3) is 0.600. The maximum Gasteiger partial charge on any atom is 0.330 e. The minimum absolute atomic E-state index is 0.284. The molecule has 0 spiro atoms. The lowest BCUT2D eigenvalue weighted by molar-refractivity contribution is -0.133. The topological polar surface area (TPSA) is 74.6 Å². The average molecular weight is 268 g/mol. The smallest absolute Gasteiger partial charge is 0.330 e. The van der Waals surface area contributed by atoms with Crippen molar-refractivity contribution in [3.8, 4) is 0 Å². The van der Waals surface area contributed by atoms with Gasteiger partial charge in [-0.05, 0) is 25.7 Å². The second-order valence-electron chi connectivity index (χ2n) is 4.79. The standard InChI is InChI=1S/C15H24O4/c1-12(14(16)17)10-8-6-4-3-5-7-9-11-13(2)15(18)19/h1-11H2,(H,16,17)(H,18,19). The number of hydrogen-bond acceptors (Lipinski definition) is 2. The lowest BCUT2D eigenvalue weighted by Gasteiger charge is -2.03. The van der Waals surface area contributed by atoms with E-state index in [1.807, 2.05) is 0 Å². The molecular weight excluding hydrogens is 244 g/mol. The van der Waals surface area contributed by atoms with Crippen molar-refractivity contribution < 1.29 is 19.8 Å². The Kier molecular flexibility index (Phi) is 9.49. The van der Waals surface area contributed by atoms with Gasteiger partial charge in [0.25, 0.3) is 0 Å². The van der Waals surface area contributed by atoms with Crippen LogP contribution in [-0.2, 0) is 9.59 Å². The van der Waals surface area contributed by atoms with Gasteiger partial charge in [0.1, 0.15) is 0 Å². The third-order valence-corrected chi connectivity index (χ3v) is 3.06. The van der Waals surface area contributed by atoms with Gasteiger partial charge in [0.15, 0.2) is 0 Å². The van der Waals surface area contributed by atoms with Gasteiger partial charge in [-0.3, -0.25) is 0 Å². The summed E-state index contributed by atoms with van der Waals surface area (Å²) in [5.41, 5.74) is 0.569. The summed E-state index contributed by atoms with van der Waals surface area (Å²) >= 11 is 0. The highest BCUT2D eigenvalue weighted by Gasteiger charge is 2.03. The van der Waals surface area contributed by atoms with E-state index < -0.39 is 11.9 Å². The second kappa shape index (κ2) is 10.4. The van der Waals surface area contributed by atoms with E-state index in [9.17, 15) is 9.59 Å². The van der Waals surface area contributed by atoms with Gasteiger partial charge in [-0.15, -0.1) is 0 Å². The minimum Gasteiger partial charge on any atom is -0.478 e. The van der Waals surface area contributed by atoms with Crippen molar-refractivity contribution in [3.05, 3.63) is 24.3 Å². The molecule has 0 fully saturated rings. The Bertz CT molecular complexity index is 299. The van der Waals surface area contributed by atoms with Crippen LogP contribution >= 0.6 is 0 Å². The van der Waals surface area contributed by atoms with Crippen LogP contribution in [-0.4, -0.2) is 22.2 Å². The first-order chi connectivity index (χ1) is 8.95. The van der Waals surface area contributed by atoms with Crippen LogP contribution in [0.1, 0.15) is 57.8 Å². The van der Waals surface area contributed by atoms with E-state index in [1.54, 1.807) is 0 Å². The van der Waals surface area contributed by atoms with Crippen LogP contribution in [0.2, 0.25) is 0 Å². The summed E-state index contributed by atoms with van der Waals surface area (Å²) in [7, 11) is 0. The van der Waals surface area contributed by atoms with Crippen molar-refractivity contribution in [1.82, 2.24) is 0 Å². The Morgan fingerprint density at radius 3 is 1.16 bits per heavy atom. The SMILES string of the molecule is C=C(CCCCCCCCCC(=C)C(=O)O)C(=O)O. The van der Waals surface area contributed by atoms with Gasteiger partial charge >= 0.3 is 11.9 Å². The van der Waals surface area contributed by atoms with Crippen LogP contribution in [0.4, 0.5) is 0 Å². The number of hydrogen-bond donors (Lipinski definition) is 2. The fourth-order valence-corrected chi connectivity index (χ4v) is 1.77. The number of unbranched alkanes of at least 4 members (excludes halogenated alkanes) is 6. The zero-order chi connectivity index (χ0) is 14.7. The predicted octanol–water partition coefficient (Wildman–Crippen LogP) is 3.78. The Hall–Kier alpha value is -1.58.